The summed E-state index contributed by atoms with van der Waals surface area (Å²) < 4.78 is 4.15. The number of aromatic nitrogens is 5. The molecule has 0 bridgehead atoms. The molecular weight excluding hydrogens is 286 g/mol. The van der Waals surface area contributed by atoms with Gasteiger partial charge in [-0.1, -0.05) is 12.1 Å². The molecular formula is C18H21N5. The van der Waals surface area contributed by atoms with Crippen molar-refractivity contribution in [3.63, 3.8) is 0 Å². The van der Waals surface area contributed by atoms with Gasteiger partial charge in [0.15, 0.2) is 0 Å². The van der Waals surface area contributed by atoms with Crippen molar-refractivity contribution in [3.8, 4) is 5.69 Å². The van der Waals surface area contributed by atoms with Gasteiger partial charge in [-0.25, -0.2) is 9.67 Å². The number of aryl methyl sites for hydroxylation is 3. The minimum atomic E-state index is 0.389. The van der Waals surface area contributed by atoms with E-state index in [1.807, 2.05) is 17.8 Å². The predicted octanol–water partition coefficient (Wildman–Crippen LogP) is 3.12. The molecule has 2 aromatic heterocycles. The predicted molar refractivity (Wildman–Crippen MR) is 88.9 cm³/mol. The summed E-state index contributed by atoms with van der Waals surface area (Å²) in [6.07, 6.45) is 3.92. The highest BCUT2D eigenvalue weighted by Crippen LogP contribution is 2.30. The summed E-state index contributed by atoms with van der Waals surface area (Å²) in [4.78, 5) is 4.76. The molecule has 118 valence electrons. The standard InChI is InChI=1S/C18H21N5/c1-12-5-4-6-17(13(12)2)23-18(20-14(3)21-23)15-8-10-22-16(11-15)7-9-19-22/h4-7,9,15H,8,10-11H2,1-3H3. The summed E-state index contributed by atoms with van der Waals surface area (Å²) in [5.41, 5.74) is 4.97. The van der Waals surface area contributed by atoms with E-state index in [0.717, 1.165) is 36.7 Å². The molecule has 1 aliphatic heterocycles. The maximum atomic E-state index is 4.76. The van der Waals surface area contributed by atoms with Gasteiger partial charge in [0.05, 0.1) is 5.69 Å². The smallest absolute Gasteiger partial charge is 0.148 e. The summed E-state index contributed by atoms with van der Waals surface area (Å²) in [5.74, 6) is 2.30. The lowest BCUT2D eigenvalue weighted by Gasteiger charge is -2.23. The molecule has 0 N–H and O–H groups in total. The van der Waals surface area contributed by atoms with Crippen molar-refractivity contribution in [2.24, 2.45) is 0 Å². The van der Waals surface area contributed by atoms with Gasteiger partial charge in [-0.05, 0) is 56.9 Å². The van der Waals surface area contributed by atoms with Gasteiger partial charge in [0.1, 0.15) is 11.6 Å². The minimum absolute atomic E-state index is 0.389. The van der Waals surface area contributed by atoms with Crippen LogP contribution in [-0.4, -0.2) is 24.5 Å². The summed E-state index contributed by atoms with van der Waals surface area (Å²) in [5, 5.41) is 9.05. The van der Waals surface area contributed by atoms with Gasteiger partial charge >= 0.3 is 0 Å². The molecule has 0 saturated heterocycles. The van der Waals surface area contributed by atoms with Gasteiger partial charge in [0, 0.05) is 24.4 Å². The van der Waals surface area contributed by atoms with E-state index in [0.29, 0.717) is 5.92 Å². The van der Waals surface area contributed by atoms with E-state index in [2.05, 4.69) is 53.0 Å². The molecule has 23 heavy (non-hydrogen) atoms. The van der Waals surface area contributed by atoms with Crippen molar-refractivity contribution in [1.29, 1.82) is 0 Å². The molecule has 0 aliphatic carbocycles. The first-order valence-corrected chi connectivity index (χ1v) is 8.14. The van der Waals surface area contributed by atoms with Crippen LogP contribution in [0.5, 0.6) is 0 Å². The van der Waals surface area contributed by atoms with Crippen LogP contribution >= 0.6 is 0 Å². The van der Waals surface area contributed by atoms with Crippen LogP contribution in [0, 0.1) is 20.8 Å². The summed E-state index contributed by atoms with van der Waals surface area (Å²) >= 11 is 0. The highest BCUT2D eigenvalue weighted by atomic mass is 15.4. The maximum Gasteiger partial charge on any atom is 0.148 e. The Bertz CT molecular complexity index is 858. The van der Waals surface area contributed by atoms with Gasteiger partial charge in [-0.15, -0.1) is 0 Å². The Kier molecular flexibility index (Phi) is 3.29. The van der Waals surface area contributed by atoms with Crippen molar-refractivity contribution in [3.05, 3.63) is 58.9 Å². The second kappa shape index (κ2) is 5.33. The van der Waals surface area contributed by atoms with Gasteiger partial charge in [0.25, 0.3) is 0 Å². The summed E-state index contributed by atoms with van der Waals surface area (Å²) in [6.45, 7) is 7.22. The average molecular weight is 307 g/mol. The van der Waals surface area contributed by atoms with E-state index < -0.39 is 0 Å². The van der Waals surface area contributed by atoms with E-state index in [-0.39, 0.29) is 0 Å². The van der Waals surface area contributed by atoms with Crippen molar-refractivity contribution >= 4 is 0 Å². The van der Waals surface area contributed by atoms with E-state index in [4.69, 9.17) is 4.98 Å². The maximum absolute atomic E-state index is 4.76. The third-order valence-electron chi connectivity index (χ3n) is 4.86. The fourth-order valence-corrected chi connectivity index (χ4v) is 3.43. The second-order valence-electron chi connectivity index (χ2n) is 6.38. The van der Waals surface area contributed by atoms with Crippen LogP contribution in [0.2, 0.25) is 0 Å². The zero-order valence-electron chi connectivity index (χ0n) is 13.8. The highest BCUT2D eigenvalue weighted by molar-refractivity contribution is 5.45. The fraction of sp³-hybridized carbons (Fsp3) is 0.389. The van der Waals surface area contributed by atoms with Crippen LogP contribution < -0.4 is 0 Å². The summed E-state index contributed by atoms with van der Waals surface area (Å²) in [7, 11) is 0. The number of fused-ring (bicyclic) bond motifs is 1. The molecule has 0 amide bonds. The average Bonchev–Trinajstić information content (AvgIpc) is 3.15. The van der Waals surface area contributed by atoms with Crippen molar-refractivity contribution in [2.45, 2.75) is 46.1 Å². The largest absolute Gasteiger partial charge is 0.270 e. The van der Waals surface area contributed by atoms with Crippen LogP contribution in [0.4, 0.5) is 0 Å². The molecule has 5 heteroatoms. The first-order valence-electron chi connectivity index (χ1n) is 8.14. The zero-order chi connectivity index (χ0) is 16.0. The Labute approximate surface area is 136 Å². The fourth-order valence-electron chi connectivity index (χ4n) is 3.43. The quantitative estimate of drug-likeness (QED) is 0.731. The molecule has 1 atom stereocenters. The van der Waals surface area contributed by atoms with Crippen molar-refractivity contribution < 1.29 is 0 Å². The minimum Gasteiger partial charge on any atom is -0.270 e. The molecule has 0 fully saturated rings. The van der Waals surface area contributed by atoms with E-state index in [1.54, 1.807) is 0 Å². The molecule has 1 aliphatic rings. The number of hydrogen-bond donors (Lipinski definition) is 0. The third-order valence-corrected chi connectivity index (χ3v) is 4.86. The topological polar surface area (TPSA) is 48.5 Å². The number of hydrogen-bond acceptors (Lipinski definition) is 3. The second-order valence-corrected chi connectivity index (χ2v) is 6.38. The van der Waals surface area contributed by atoms with Crippen LogP contribution in [0.1, 0.15) is 40.8 Å². The molecule has 0 spiro atoms. The number of nitrogens with zero attached hydrogens (tertiary/aromatic N) is 5. The Balaban J connectivity index is 1.78. The molecule has 1 aromatic carbocycles. The third kappa shape index (κ3) is 2.36. The van der Waals surface area contributed by atoms with Crippen LogP contribution in [-0.2, 0) is 13.0 Å². The van der Waals surface area contributed by atoms with E-state index >= 15 is 0 Å². The number of benzene rings is 1. The lowest BCUT2D eigenvalue weighted by molar-refractivity contribution is 0.423. The number of rotatable bonds is 2. The van der Waals surface area contributed by atoms with Gasteiger partial charge in [-0.3, -0.25) is 4.68 Å². The molecule has 5 nitrogen and oxygen atoms in total. The van der Waals surface area contributed by atoms with Crippen LogP contribution in [0.15, 0.2) is 30.5 Å². The van der Waals surface area contributed by atoms with Crippen molar-refractivity contribution in [1.82, 2.24) is 24.5 Å². The van der Waals surface area contributed by atoms with E-state index in [1.165, 1.54) is 16.8 Å². The molecule has 3 heterocycles. The SMILES string of the molecule is Cc1nc(C2CCn3nccc3C2)n(-c2cccc(C)c2C)n1. The van der Waals surface area contributed by atoms with Crippen LogP contribution in [0.3, 0.4) is 0 Å². The van der Waals surface area contributed by atoms with Crippen molar-refractivity contribution in [2.75, 3.05) is 0 Å². The monoisotopic (exact) mass is 307 g/mol. The molecule has 0 saturated carbocycles. The molecule has 1 unspecified atom stereocenters. The Morgan fingerprint density at radius 1 is 1.13 bits per heavy atom. The Morgan fingerprint density at radius 2 is 2.00 bits per heavy atom. The Hall–Kier alpha value is -2.43. The van der Waals surface area contributed by atoms with Gasteiger partial charge in [-0.2, -0.15) is 10.2 Å². The van der Waals surface area contributed by atoms with Crippen LogP contribution in [0.25, 0.3) is 5.69 Å². The Morgan fingerprint density at radius 3 is 2.87 bits per heavy atom. The van der Waals surface area contributed by atoms with Gasteiger partial charge < -0.3 is 0 Å². The highest BCUT2D eigenvalue weighted by Gasteiger charge is 2.26. The first-order chi connectivity index (χ1) is 11.1. The normalized spacial score (nSPS) is 17.3. The first kappa shape index (κ1) is 14.2. The van der Waals surface area contributed by atoms with Gasteiger partial charge in [0.2, 0.25) is 0 Å². The van der Waals surface area contributed by atoms with E-state index in [9.17, 15) is 0 Å². The lowest BCUT2D eigenvalue weighted by Crippen LogP contribution is -2.21. The summed E-state index contributed by atoms with van der Waals surface area (Å²) in [6, 6.07) is 8.47. The molecule has 0 radical (unpaired) electrons. The molecule has 4 rings (SSSR count). The lowest BCUT2D eigenvalue weighted by atomic mass is 9.95. The molecule has 3 aromatic rings. The zero-order valence-corrected chi connectivity index (χ0v) is 13.8.